The van der Waals surface area contributed by atoms with Crippen LogP contribution in [0.25, 0.3) is 0 Å². The molecule has 11 nitrogen and oxygen atoms in total. The zero-order valence-corrected chi connectivity index (χ0v) is 49.1. The molecule has 436 valence electrons. The van der Waals surface area contributed by atoms with Crippen molar-refractivity contribution in [2.75, 3.05) is 26.4 Å². The number of carbonyl (C=O) groups is 3. The summed E-state index contributed by atoms with van der Waals surface area (Å²) in [6.07, 6.45) is 67.9. The Labute approximate surface area is 463 Å². The van der Waals surface area contributed by atoms with Crippen molar-refractivity contribution < 1.29 is 52.2 Å². The van der Waals surface area contributed by atoms with Gasteiger partial charge in [0.15, 0.2) is 6.10 Å². The van der Waals surface area contributed by atoms with Crippen LogP contribution in [0.1, 0.15) is 252 Å². The quantitative estimate of drug-likeness (QED) is 0.0197. The molecule has 0 fully saturated rings. The van der Waals surface area contributed by atoms with Crippen molar-refractivity contribution in [3.63, 3.8) is 0 Å². The predicted molar refractivity (Wildman–Crippen MR) is 316 cm³/mol. The molecule has 2 N–H and O–H groups in total. The van der Waals surface area contributed by atoms with Crippen molar-refractivity contribution in [2.45, 2.75) is 264 Å². The highest BCUT2D eigenvalue weighted by atomic mass is 31.2. The highest BCUT2D eigenvalue weighted by Crippen LogP contribution is 2.43. The van der Waals surface area contributed by atoms with E-state index in [4.69, 9.17) is 23.3 Å². The van der Waals surface area contributed by atoms with E-state index in [-0.39, 0.29) is 25.9 Å². The van der Waals surface area contributed by atoms with Gasteiger partial charge in [-0.25, -0.2) is 4.57 Å². The molecule has 3 atom stereocenters. The van der Waals surface area contributed by atoms with Gasteiger partial charge in [-0.15, -0.1) is 0 Å². The fraction of sp³-hybridized carbons (Fsp3) is 0.703. The molecule has 0 heterocycles. The van der Waals surface area contributed by atoms with Gasteiger partial charge in [-0.05, 0) is 116 Å². The fourth-order valence-electron chi connectivity index (χ4n) is 7.89. The van der Waals surface area contributed by atoms with Gasteiger partial charge in [0.25, 0.3) is 0 Å². The molecule has 76 heavy (non-hydrogen) atoms. The second kappa shape index (κ2) is 57.6. The lowest BCUT2D eigenvalue weighted by Gasteiger charge is -2.21. The van der Waals surface area contributed by atoms with E-state index < -0.39 is 57.8 Å². The summed E-state index contributed by atoms with van der Waals surface area (Å²) in [5, 5.41) is 9.82. The standard InChI is InChI=1S/C64H109O11P/c1-4-7-10-13-16-19-22-25-27-29-30-32-33-36-38-41-44-47-50-53-62(66)71-57-61(75-64(68)55-52-49-46-43-40-37-34-31-28-26-23-20-17-14-11-8-5-2)59-73-76(69,70)72-58-60(56-65)74-63(67)54-51-48-45-42-39-35-24-21-18-15-12-9-6-3/h8,11-12,15-17,19-21,24-28,34,37,60-61,65H,4-7,9-10,13-14,18,22-23,29-33,35-36,38-59H2,1-3H3,(H,69,70)/b11-8-,15-12-,19-16-,20-17-,24-21-,27-25-,28-26-,37-34-. The lowest BCUT2D eigenvalue weighted by molar-refractivity contribution is -0.161. The maximum Gasteiger partial charge on any atom is 0.472 e. The number of allylic oxidation sites excluding steroid dienone is 16. The van der Waals surface area contributed by atoms with Gasteiger partial charge in [-0.1, -0.05) is 214 Å². The molecule has 0 aliphatic carbocycles. The summed E-state index contributed by atoms with van der Waals surface area (Å²) in [5.41, 5.74) is 0. The van der Waals surface area contributed by atoms with Gasteiger partial charge in [-0.3, -0.25) is 23.4 Å². The van der Waals surface area contributed by atoms with E-state index in [0.29, 0.717) is 19.3 Å². The molecule has 0 amide bonds. The van der Waals surface area contributed by atoms with Crippen LogP contribution in [-0.4, -0.2) is 66.5 Å². The topological polar surface area (TPSA) is 155 Å². The number of phosphoric acid groups is 1. The Hall–Kier alpha value is -3.60. The van der Waals surface area contributed by atoms with E-state index in [1.807, 2.05) is 0 Å². The van der Waals surface area contributed by atoms with Crippen LogP contribution < -0.4 is 0 Å². The number of aliphatic hydroxyl groups is 1. The second-order valence-corrected chi connectivity index (χ2v) is 21.2. The molecule has 0 aromatic carbocycles. The van der Waals surface area contributed by atoms with Crippen molar-refractivity contribution in [1.29, 1.82) is 0 Å². The lowest BCUT2D eigenvalue weighted by atomic mass is 10.1. The van der Waals surface area contributed by atoms with Gasteiger partial charge in [0.1, 0.15) is 12.7 Å². The van der Waals surface area contributed by atoms with Crippen LogP contribution in [0.3, 0.4) is 0 Å². The Morgan fingerprint density at radius 1 is 0.382 bits per heavy atom. The maximum atomic E-state index is 12.9. The number of aliphatic hydroxyl groups excluding tert-OH is 1. The summed E-state index contributed by atoms with van der Waals surface area (Å²) in [6.45, 7) is 4.40. The van der Waals surface area contributed by atoms with Crippen molar-refractivity contribution in [1.82, 2.24) is 0 Å². The third-order valence-electron chi connectivity index (χ3n) is 12.4. The molecular weight excluding hydrogens is 976 g/mol. The average Bonchev–Trinajstić information content (AvgIpc) is 3.41. The molecule has 0 radical (unpaired) electrons. The van der Waals surface area contributed by atoms with E-state index in [2.05, 4.69) is 118 Å². The first-order valence-corrected chi connectivity index (χ1v) is 31.6. The Bertz CT molecular complexity index is 1640. The van der Waals surface area contributed by atoms with Gasteiger partial charge in [0, 0.05) is 19.3 Å². The largest absolute Gasteiger partial charge is 0.472 e. The molecule has 0 saturated heterocycles. The Balaban J connectivity index is 4.77. The second-order valence-electron chi connectivity index (χ2n) is 19.8. The van der Waals surface area contributed by atoms with Gasteiger partial charge in [0.05, 0.1) is 19.8 Å². The summed E-state index contributed by atoms with van der Waals surface area (Å²) in [4.78, 5) is 48.6. The summed E-state index contributed by atoms with van der Waals surface area (Å²) < 4.78 is 39.5. The first-order valence-electron chi connectivity index (χ1n) is 30.1. The minimum absolute atomic E-state index is 0.134. The van der Waals surface area contributed by atoms with Crippen LogP contribution in [0, 0.1) is 0 Å². The predicted octanol–water partition coefficient (Wildman–Crippen LogP) is 18.0. The van der Waals surface area contributed by atoms with E-state index in [1.165, 1.54) is 57.8 Å². The molecule has 0 aromatic heterocycles. The highest BCUT2D eigenvalue weighted by molar-refractivity contribution is 7.47. The molecule has 0 aliphatic rings. The van der Waals surface area contributed by atoms with E-state index >= 15 is 0 Å². The molecule has 0 spiro atoms. The summed E-state index contributed by atoms with van der Waals surface area (Å²) in [5.74, 6) is -1.51. The first-order chi connectivity index (χ1) is 37.2. The van der Waals surface area contributed by atoms with Gasteiger partial charge >= 0.3 is 25.7 Å². The molecule has 0 aliphatic heterocycles. The number of hydrogen-bond donors (Lipinski definition) is 2. The van der Waals surface area contributed by atoms with Crippen molar-refractivity contribution >= 4 is 25.7 Å². The lowest BCUT2D eigenvalue weighted by Crippen LogP contribution is -2.30. The number of hydrogen-bond acceptors (Lipinski definition) is 10. The van der Waals surface area contributed by atoms with Gasteiger partial charge in [0.2, 0.25) is 0 Å². The van der Waals surface area contributed by atoms with Crippen LogP contribution in [-0.2, 0) is 42.2 Å². The number of rotatable bonds is 55. The van der Waals surface area contributed by atoms with Crippen LogP contribution in [0.15, 0.2) is 97.2 Å². The fourth-order valence-corrected chi connectivity index (χ4v) is 8.67. The summed E-state index contributed by atoms with van der Waals surface area (Å²) in [7, 11) is -4.77. The molecule has 0 bridgehead atoms. The molecule has 3 unspecified atom stereocenters. The van der Waals surface area contributed by atoms with Gasteiger partial charge in [-0.2, -0.15) is 0 Å². The zero-order valence-electron chi connectivity index (χ0n) is 48.2. The Morgan fingerprint density at radius 2 is 0.711 bits per heavy atom. The molecule has 0 rings (SSSR count). The summed E-state index contributed by atoms with van der Waals surface area (Å²) >= 11 is 0. The van der Waals surface area contributed by atoms with E-state index in [1.54, 1.807) is 0 Å². The van der Waals surface area contributed by atoms with Crippen molar-refractivity contribution in [2.24, 2.45) is 0 Å². The number of unbranched alkanes of at least 4 members (excludes halogenated alkanes) is 22. The third-order valence-corrected chi connectivity index (χ3v) is 13.4. The average molecular weight is 1090 g/mol. The van der Waals surface area contributed by atoms with E-state index in [9.17, 15) is 28.9 Å². The van der Waals surface area contributed by atoms with Crippen LogP contribution in [0.5, 0.6) is 0 Å². The molecule has 0 saturated carbocycles. The monoisotopic (exact) mass is 1080 g/mol. The minimum Gasteiger partial charge on any atom is -0.462 e. The smallest absolute Gasteiger partial charge is 0.462 e. The van der Waals surface area contributed by atoms with Crippen molar-refractivity contribution in [3.05, 3.63) is 97.2 Å². The highest BCUT2D eigenvalue weighted by Gasteiger charge is 2.28. The molecular formula is C64H109O11P. The SMILES string of the molecule is CC/C=C\C/C=C\C/C=C\C/C=C\CCCCCCC(=O)OC(COC(=O)CCCCCCCCCCC/C=C\C/C=C\CCCCC)COP(=O)(O)OCC(CO)OC(=O)CCCCCCC/C=C\C/C=C\CCC. The van der Waals surface area contributed by atoms with E-state index in [0.717, 1.165) is 135 Å². The maximum absolute atomic E-state index is 12.9. The Morgan fingerprint density at radius 3 is 1.11 bits per heavy atom. The molecule has 12 heteroatoms. The first kappa shape index (κ1) is 72.4. The number of ether oxygens (including phenoxy) is 3. The Kier molecular flexibility index (Phi) is 54.8. The number of esters is 3. The summed E-state index contributed by atoms with van der Waals surface area (Å²) in [6, 6.07) is 0. The van der Waals surface area contributed by atoms with Gasteiger partial charge < -0.3 is 24.2 Å². The van der Waals surface area contributed by atoms with Crippen LogP contribution >= 0.6 is 7.82 Å². The normalized spacial score (nSPS) is 14.0. The van der Waals surface area contributed by atoms with Crippen LogP contribution in [0.2, 0.25) is 0 Å². The van der Waals surface area contributed by atoms with Crippen LogP contribution in [0.4, 0.5) is 0 Å². The number of phosphoric ester groups is 1. The molecule has 0 aromatic rings. The third kappa shape index (κ3) is 55.2. The minimum atomic E-state index is -4.77. The number of carbonyl (C=O) groups excluding carboxylic acids is 3. The van der Waals surface area contributed by atoms with Crippen molar-refractivity contribution in [3.8, 4) is 0 Å². The zero-order chi connectivity index (χ0) is 55.5.